The van der Waals surface area contributed by atoms with E-state index in [1.165, 1.54) is 5.56 Å². The molecule has 31 heavy (non-hydrogen) atoms. The quantitative estimate of drug-likeness (QED) is 0.413. The average Bonchev–Trinajstić information content (AvgIpc) is 3.25. The summed E-state index contributed by atoms with van der Waals surface area (Å²) in [5, 5.41) is 7.17. The summed E-state index contributed by atoms with van der Waals surface area (Å²) in [7, 11) is 1.69. The predicted molar refractivity (Wildman–Crippen MR) is 127 cm³/mol. The Morgan fingerprint density at radius 3 is 2.61 bits per heavy atom. The lowest BCUT2D eigenvalue weighted by Gasteiger charge is -2.38. The van der Waals surface area contributed by atoms with Gasteiger partial charge in [0, 0.05) is 27.6 Å². The van der Waals surface area contributed by atoms with Crippen LogP contribution in [0.5, 0.6) is 11.5 Å². The molecule has 0 saturated carbocycles. The lowest BCUT2D eigenvalue weighted by Crippen LogP contribution is -2.33. The number of ether oxygens (including phenoxy) is 2. The van der Waals surface area contributed by atoms with Crippen LogP contribution in [-0.2, 0) is 0 Å². The molecule has 2 aliphatic heterocycles. The highest BCUT2D eigenvalue weighted by atomic mass is 79.9. The Bertz CT molecular complexity index is 1140. The minimum atomic E-state index is -0.261. The second-order valence-electron chi connectivity index (χ2n) is 8.35. The average molecular weight is 477 g/mol. The fourth-order valence-corrected chi connectivity index (χ4v) is 4.68. The molecule has 5 rings (SSSR count). The van der Waals surface area contributed by atoms with Crippen LogP contribution in [0, 0.1) is 0 Å². The standard InChI is InChI=1S/C26H25BrN2O2/c1-16(2)17-7-9-18(10-8-17)26-29-24(22-14-20(27)11-12-25(22)31-26)15-23(28-29)19-5-4-6-21(13-19)30-3/h4-14,16,24,26H,15H2,1-3H3/t24-,26-/m1/s1. The molecule has 0 N–H and O–H groups in total. The maximum atomic E-state index is 6.49. The second-order valence-corrected chi connectivity index (χ2v) is 9.27. The fraction of sp³-hybridized carbons (Fsp3) is 0.269. The van der Waals surface area contributed by atoms with Gasteiger partial charge in [-0.25, -0.2) is 5.01 Å². The van der Waals surface area contributed by atoms with E-state index in [-0.39, 0.29) is 12.3 Å². The molecule has 2 atom stereocenters. The highest BCUT2D eigenvalue weighted by molar-refractivity contribution is 9.10. The number of benzene rings is 3. The summed E-state index contributed by atoms with van der Waals surface area (Å²) in [5.74, 6) is 2.26. The van der Waals surface area contributed by atoms with Crippen molar-refractivity contribution < 1.29 is 9.47 Å². The number of nitrogens with zero attached hydrogens (tertiary/aromatic N) is 2. The highest BCUT2D eigenvalue weighted by Gasteiger charge is 2.41. The Balaban J connectivity index is 1.57. The van der Waals surface area contributed by atoms with Gasteiger partial charge in [-0.3, -0.25) is 0 Å². The predicted octanol–water partition coefficient (Wildman–Crippen LogP) is 6.82. The van der Waals surface area contributed by atoms with E-state index in [1.807, 2.05) is 24.3 Å². The van der Waals surface area contributed by atoms with Crippen LogP contribution < -0.4 is 9.47 Å². The fourth-order valence-electron chi connectivity index (χ4n) is 4.30. The first kappa shape index (κ1) is 20.1. The monoisotopic (exact) mass is 476 g/mol. The molecule has 0 aromatic heterocycles. The first-order valence-corrected chi connectivity index (χ1v) is 11.4. The van der Waals surface area contributed by atoms with Crippen molar-refractivity contribution in [3.63, 3.8) is 0 Å². The topological polar surface area (TPSA) is 34.1 Å². The molecule has 158 valence electrons. The van der Waals surface area contributed by atoms with E-state index in [1.54, 1.807) is 7.11 Å². The summed E-state index contributed by atoms with van der Waals surface area (Å²) < 4.78 is 13.0. The molecule has 3 aromatic carbocycles. The molecule has 3 aromatic rings. The number of hydrogen-bond donors (Lipinski definition) is 0. The first-order chi connectivity index (χ1) is 15.0. The third-order valence-corrected chi connectivity index (χ3v) is 6.54. The van der Waals surface area contributed by atoms with Crippen molar-refractivity contribution in [2.75, 3.05) is 7.11 Å². The molecule has 0 amide bonds. The Labute approximate surface area is 191 Å². The summed E-state index contributed by atoms with van der Waals surface area (Å²) >= 11 is 3.62. The number of hydrazone groups is 1. The van der Waals surface area contributed by atoms with E-state index in [2.05, 4.69) is 77.3 Å². The van der Waals surface area contributed by atoms with Crippen molar-refractivity contribution in [3.8, 4) is 11.5 Å². The molecule has 0 aliphatic carbocycles. The molecular weight excluding hydrogens is 452 g/mol. The van der Waals surface area contributed by atoms with Crippen LogP contribution in [0.3, 0.4) is 0 Å². The summed E-state index contributed by atoms with van der Waals surface area (Å²) in [6.45, 7) is 4.42. The van der Waals surface area contributed by atoms with E-state index >= 15 is 0 Å². The van der Waals surface area contributed by atoms with E-state index in [0.717, 1.165) is 44.8 Å². The van der Waals surface area contributed by atoms with Gasteiger partial charge in [-0.15, -0.1) is 0 Å². The van der Waals surface area contributed by atoms with Crippen molar-refractivity contribution in [1.82, 2.24) is 5.01 Å². The molecule has 5 heteroatoms. The minimum absolute atomic E-state index is 0.122. The number of fused-ring (bicyclic) bond motifs is 3. The van der Waals surface area contributed by atoms with Crippen LogP contribution in [0.1, 0.15) is 60.7 Å². The van der Waals surface area contributed by atoms with Crippen LogP contribution >= 0.6 is 15.9 Å². The maximum absolute atomic E-state index is 6.49. The van der Waals surface area contributed by atoms with E-state index in [9.17, 15) is 0 Å². The zero-order valence-corrected chi connectivity index (χ0v) is 19.5. The summed E-state index contributed by atoms with van der Waals surface area (Å²) in [4.78, 5) is 0. The Morgan fingerprint density at radius 1 is 1.06 bits per heavy atom. The van der Waals surface area contributed by atoms with Gasteiger partial charge in [0.25, 0.3) is 0 Å². The van der Waals surface area contributed by atoms with Gasteiger partial charge >= 0.3 is 0 Å². The lowest BCUT2D eigenvalue weighted by atomic mass is 9.95. The minimum Gasteiger partial charge on any atom is -0.497 e. The molecule has 2 aliphatic rings. The Kier molecular flexibility index (Phi) is 5.22. The second kappa shape index (κ2) is 8.04. The molecule has 0 spiro atoms. The molecule has 0 saturated heterocycles. The molecule has 4 nitrogen and oxygen atoms in total. The molecular formula is C26H25BrN2O2. The van der Waals surface area contributed by atoms with Gasteiger partial charge < -0.3 is 9.47 Å². The molecule has 0 unspecified atom stereocenters. The molecule has 2 heterocycles. The van der Waals surface area contributed by atoms with Gasteiger partial charge in [-0.1, -0.05) is 66.2 Å². The van der Waals surface area contributed by atoms with Gasteiger partial charge in [0.2, 0.25) is 6.23 Å². The number of rotatable bonds is 4. The van der Waals surface area contributed by atoms with Crippen LogP contribution in [0.15, 0.2) is 76.3 Å². The smallest absolute Gasteiger partial charge is 0.213 e. The molecule has 0 fully saturated rings. The van der Waals surface area contributed by atoms with E-state index < -0.39 is 0 Å². The van der Waals surface area contributed by atoms with Crippen LogP contribution in [0.25, 0.3) is 0 Å². The van der Waals surface area contributed by atoms with Crippen molar-refractivity contribution in [2.24, 2.45) is 5.10 Å². The van der Waals surface area contributed by atoms with Gasteiger partial charge in [0.1, 0.15) is 11.5 Å². The van der Waals surface area contributed by atoms with E-state index in [0.29, 0.717) is 5.92 Å². The van der Waals surface area contributed by atoms with Crippen LogP contribution in [0.4, 0.5) is 0 Å². The van der Waals surface area contributed by atoms with Crippen LogP contribution in [-0.4, -0.2) is 17.8 Å². The zero-order chi connectivity index (χ0) is 21.5. The SMILES string of the molecule is COc1cccc(C2=NN3[C@H](C2)c2cc(Br)ccc2O[C@@H]3c2ccc(C(C)C)cc2)c1. The maximum Gasteiger partial charge on any atom is 0.213 e. The van der Waals surface area contributed by atoms with Gasteiger partial charge in [0.05, 0.1) is 18.9 Å². The summed E-state index contributed by atoms with van der Waals surface area (Å²) in [6, 6.07) is 23.2. The van der Waals surface area contributed by atoms with Gasteiger partial charge in [-0.2, -0.15) is 5.10 Å². The van der Waals surface area contributed by atoms with E-state index in [4.69, 9.17) is 14.6 Å². The number of halogens is 1. The van der Waals surface area contributed by atoms with Crippen molar-refractivity contribution in [1.29, 1.82) is 0 Å². The molecule has 0 radical (unpaired) electrons. The summed E-state index contributed by atoms with van der Waals surface area (Å²) in [5.41, 5.74) is 5.72. The number of methoxy groups -OCH3 is 1. The van der Waals surface area contributed by atoms with Crippen molar-refractivity contribution in [3.05, 3.63) is 93.5 Å². The van der Waals surface area contributed by atoms with Gasteiger partial charge in [0.15, 0.2) is 0 Å². The third-order valence-electron chi connectivity index (χ3n) is 6.04. The largest absolute Gasteiger partial charge is 0.497 e. The Morgan fingerprint density at radius 2 is 1.87 bits per heavy atom. The van der Waals surface area contributed by atoms with Gasteiger partial charge in [-0.05, 0) is 41.8 Å². The normalized spacial score (nSPS) is 19.5. The Hall–Kier alpha value is -2.79. The number of hydrogen-bond acceptors (Lipinski definition) is 4. The third kappa shape index (κ3) is 3.72. The van der Waals surface area contributed by atoms with Crippen molar-refractivity contribution in [2.45, 2.75) is 38.5 Å². The first-order valence-electron chi connectivity index (χ1n) is 10.6. The van der Waals surface area contributed by atoms with Crippen molar-refractivity contribution >= 4 is 21.6 Å². The molecule has 0 bridgehead atoms. The van der Waals surface area contributed by atoms with Crippen LogP contribution in [0.2, 0.25) is 0 Å². The highest BCUT2D eigenvalue weighted by Crippen LogP contribution is 2.48. The zero-order valence-electron chi connectivity index (χ0n) is 17.9. The summed E-state index contributed by atoms with van der Waals surface area (Å²) in [6.07, 6.45) is 0.559. The lowest BCUT2D eigenvalue weighted by molar-refractivity contribution is -0.0190.